The maximum absolute atomic E-state index is 12.5. The molecule has 108 valence electrons. The standard InChI is InChI=1S/C17H16INO2/c1-12-10-13-4-2-3-5-16(13)19(12)17(20)11-21-15-8-6-14(18)7-9-15/h2-9,12H,10-11H2,1H3/t12-/m0/s1. The predicted octanol–water partition coefficient (Wildman–Crippen LogP) is 3.65. The maximum atomic E-state index is 12.5. The van der Waals surface area contributed by atoms with E-state index in [2.05, 4.69) is 35.6 Å². The summed E-state index contributed by atoms with van der Waals surface area (Å²) in [5.41, 5.74) is 2.24. The Labute approximate surface area is 138 Å². The van der Waals surface area contributed by atoms with Gasteiger partial charge in [0.2, 0.25) is 0 Å². The minimum atomic E-state index is 0.00556. The Morgan fingerprint density at radius 1 is 1.24 bits per heavy atom. The molecule has 2 aromatic rings. The van der Waals surface area contributed by atoms with Crippen LogP contribution in [0.15, 0.2) is 48.5 Å². The summed E-state index contributed by atoms with van der Waals surface area (Å²) in [6, 6.07) is 16.0. The van der Waals surface area contributed by atoms with Crippen LogP contribution in [0.25, 0.3) is 0 Å². The van der Waals surface area contributed by atoms with Gasteiger partial charge in [0.15, 0.2) is 6.61 Å². The molecule has 0 fully saturated rings. The molecule has 0 spiro atoms. The van der Waals surface area contributed by atoms with Gasteiger partial charge in [-0.2, -0.15) is 0 Å². The number of halogens is 1. The van der Waals surface area contributed by atoms with Crippen molar-refractivity contribution >= 4 is 34.2 Å². The van der Waals surface area contributed by atoms with E-state index in [0.717, 1.165) is 21.4 Å². The lowest BCUT2D eigenvalue weighted by Crippen LogP contribution is -2.39. The van der Waals surface area contributed by atoms with Crippen LogP contribution in [0.3, 0.4) is 0 Å². The summed E-state index contributed by atoms with van der Waals surface area (Å²) in [5, 5.41) is 0. The molecule has 3 nitrogen and oxygen atoms in total. The number of hydrogen-bond acceptors (Lipinski definition) is 2. The summed E-state index contributed by atoms with van der Waals surface area (Å²) < 4.78 is 6.75. The van der Waals surface area contributed by atoms with Gasteiger partial charge in [-0.25, -0.2) is 0 Å². The van der Waals surface area contributed by atoms with E-state index in [1.807, 2.05) is 47.4 Å². The molecule has 0 unspecified atom stereocenters. The first kappa shape index (κ1) is 14.4. The Balaban J connectivity index is 1.70. The molecular formula is C17H16INO2. The highest BCUT2D eigenvalue weighted by Gasteiger charge is 2.30. The average Bonchev–Trinajstić information content (AvgIpc) is 2.82. The van der Waals surface area contributed by atoms with Gasteiger partial charge in [-0.1, -0.05) is 18.2 Å². The van der Waals surface area contributed by atoms with Crippen LogP contribution >= 0.6 is 22.6 Å². The second-order valence-corrected chi connectivity index (χ2v) is 6.43. The Hall–Kier alpha value is -1.56. The van der Waals surface area contributed by atoms with Gasteiger partial charge in [-0.15, -0.1) is 0 Å². The van der Waals surface area contributed by atoms with Gasteiger partial charge in [0, 0.05) is 15.3 Å². The summed E-state index contributed by atoms with van der Waals surface area (Å²) in [5.74, 6) is 0.731. The minimum absolute atomic E-state index is 0.00556. The molecule has 0 saturated carbocycles. The van der Waals surface area contributed by atoms with Gasteiger partial charge < -0.3 is 9.64 Å². The molecule has 0 N–H and O–H groups in total. The van der Waals surface area contributed by atoms with Crippen LogP contribution in [0.5, 0.6) is 5.75 Å². The van der Waals surface area contributed by atoms with Gasteiger partial charge in [0.1, 0.15) is 5.75 Å². The summed E-state index contributed by atoms with van der Waals surface area (Å²) in [6.07, 6.45) is 0.908. The Morgan fingerprint density at radius 3 is 2.71 bits per heavy atom. The highest BCUT2D eigenvalue weighted by molar-refractivity contribution is 14.1. The van der Waals surface area contributed by atoms with Gasteiger partial charge in [0.05, 0.1) is 0 Å². The Kier molecular flexibility index (Phi) is 4.14. The topological polar surface area (TPSA) is 29.5 Å². The zero-order valence-corrected chi connectivity index (χ0v) is 13.9. The van der Waals surface area contributed by atoms with E-state index in [1.165, 1.54) is 5.56 Å². The van der Waals surface area contributed by atoms with Crippen LogP contribution in [0.2, 0.25) is 0 Å². The van der Waals surface area contributed by atoms with Crippen LogP contribution in [0, 0.1) is 3.57 Å². The smallest absolute Gasteiger partial charge is 0.265 e. The second kappa shape index (κ2) is 6.05. The zero-order valence-electron chi connectivity index (χ0n) is 11.8. The van der Waals surface area contributed by atoms with E-state index in [9.17, 15) is 4.79 Å². The molecule has 1 aliphatic rings. The molecule has 0 bridgehead atoms. The number of amides is 1. The number of para-hydroxylation sites is 1. The fourth-order valence-corrected chi connectivity index (χ4v) is 3.05. The number of rotatable bonds is 3. The largest absolute Gasteiger partial charge is 0.484 e. The maximum Gasteiger partial charge on any atom is 0.265 e. The molecule has 1 heterocycles. The fraction of sp³-hybridized carbons (Fsp3) is 0.235. The van der Waals surface area contributed by atoms with E-state index in [1.54, 1.807) is 0 Å². The second-order valence-electron chi connectivity index (χ2n) is 5.19. The quantitative estimate of drug-likeness (QED) is 0.746. The normalized spacial score (nSPS) is 16.7. The first-order valence-corrected chi connectivity index (χ1v) is 8.01. The van der Waals surface area contributed by atoms with Crippen molar-refractivity contribution < 1.29 is 9.53 Å². The first-order valence-electron chi connectivity index (χ1n) is 6.93. The van der Waals surface area contributed by atoms with Crippen molar-refractivity contribution in [1.82, 2.24) is 0 Å². The number of anilines is 1. The van der Waals surface area contributed by atoms with Crippen LogP contribution in [0.4, 0.5) is 5.69 Å². The van der Waals surface area contributed by atoms with Gasteiger partial charge in [-0.3, -0.25) is 4.79 Å². The first-order chi connectivity index (χ1) is 10.1. The number of fused-ring (bicyclic) bond motifs is 1. The van der Waals surface area contributed by atoms with E-state index in [4.69, 9.17) is 4.74 Å². The van der Waals surface area contributed by atoms with Crippen LogP contribution in [0.1, 0.15) is 12.5 Å². The third-order valence-corrected chi connectivity index (χ3v) is 4.37. The van der Waals surface area contributed by atoms with Crippen molar-refractivity contribution in [3.63, 3.8) is 0 Å². The summed E-state index contributed by atoms with van der Waals surface area (Å²) in [4.78, 5) is 14.3. The molecule has 2 aromatic carbocycles. The van der Waals surface area contributed by atoms with E-state index in [0.29, 0.717) is 0 Å². The summed E-state index contributed by atoms with van der Waals surface area (Å²) >= 11 is 2.24. The molecule has 1 amide bonds. The molecule has 3 rings (SSSR count). The van der Waals surface area contributed by atoms with Gasteiger partial charge in [0.25, 0.3) is 5.91 Å². The number of carbonyl (C=O) groups excluding carboxylic acids is 1. The number of benzene rings is 2. The lowest BCUT2D eigenvalue weighted by Gasteiger charge is -2.22. The lowest BCUT2D eigenvalue weighted by molar-refractivity contribution is -0.120. The van der Waals surface area contributed by atoms with E-state index >= 15 is 0 Å². The number of carbonyl (C=O) groups is 1. The molecule has 21 heavy (non-hydrogen) atoms. The molecule has 0 aliphatic carbocycles. The Bertz CT molecular complexity index is 654. The average molecular weight is 393 g/mol. The van der Waals surface area contributed by atoms with Crippen LogP contribution in [-0.2, 0) is 11.2 Å². The minimum Gasteiger partial charge on any atom is -0.484 e. The molecule has 0 aromatic heterocycles. The van der Waals surface area contributed by atoms with Crippen molar-refractivity contribution in [3.8, 4) is 5.75 Å². The van der Waals surface area contributed by atoms with Crippen molar-refractivity contribution in [2.24, 2.45) is 0 Å². The van der Waals surface area contributed by atoms with Crippen molar-refractivity contribution in [3.05, 3.63) is 57.7 Å². The van der Waals surface area contributed by atoms with Crippen molar-refractivity contribution in [2.45, 2.75) is 19.4 Å². The molecule has 1 atom stereocenters. The fourth-order valence-electron chi connectivity index (χ4n) is 2.69. The molecule has 0 saturated heterocycles. The third-order valence-electron chi connectivity index (χ3n) is 3.65. The SMILES string of the molecule is C[C@H]1Cc2ccccc2N1C(=O)COc1ccc(I)cc1. The third kappa shape index (κ3) is 3.05. The lowest BCUT2D eigenvalue weighted by atomic mass is 10.1. The van der Waals surface area contributed by atoms with Crippen LogP contribution in [-0.4, -0.2) is 18.6 Å². The summed E-state index contributed by atoms with van der Waals surface area (Å²) in [7, 11) is 0. The van der Waals surface area contributed by atoms with Crippen molar-refractivity contribution in [1.29, 1.82) is 0 Å². The highest BCUT2D eigenvalue weighted by atomic mass is 127. The number of hydrogen-bond donors (Lipinski definition) is 0. The number of nitrogens with zero attached hydrogens (tertiary/aromatic N) is 1. The molecule has 4 heteroatoms. The van der Waals surface area contributed by atoms with Gasteiger partial charge in [-0.05, 0) is 71.8 Å². The zero-order chi connectivity index (χ0) is 14.8. The molecule has 0 radical (unpaired) electrons. The van der Waals surface area contributed by atoms with Crippen LogP contribution < -0.4 is 9.64 Å². The number of ether oxygens (including phenoxy) is 1. The summed E-state index contributed by atoms with van der Waals surface area (Å²) in [6.45, 7) is 2.14. The Morgan fingerprint density at radius 2 is 1.95 bits per heavy atom. The molecular weight excluding hydrogens is 377 g/mol. The highest BCUT2D eigenvalue weighted by Crippen LogP contribution is 2.31. The van der Waals surface area contributed by atoms with Crippen molar-refractivity contribution in [2.75, 3.05) is 11.5 Å². The molecule has 1 aliphatic heterocycles. The van der Waals surface area contributed by atoms with E-state index < -0.39 is 0 Å². The van der Waals surface area contributed by atoms with E-state index in [-0.39, 0.29) is 18.6 Å². The monoisotopic (exact) mass is 393 g/mol. The predicted molar refractivity (Wildman–Crippen MR) is 91.7 cm³/mol. The van der Waals surface area contributed by atoms with Gasteiger partial charge >= 0.3 is 0 Å².